The molecule has 0 bridgehead atoms. The number of hydrogen-bond acceptors (Lipinski definition) is 6. The summed E-state index contributed by atoms with van der Waals surface area (Å²) in [4.78, 5) is 22.8. The second kappa shape index (κ2) is 9.92. The molecule has 162 valence electrons. The number of carboxylic acids is 2. The molecule has 0 fully saturated rings. The van der Waals surface area contributed by atoms with Crippen molar-refractivity contribution in [3.8, 4) is 11.3 Å². The summed E-state index contributed by atoms with van der Waals surface area (Å²) >= 11 is 0. The van der Waals surface area contributed by atoms with Gasteiger partial charge >= 0.3 is 11.9 Å². The van der Waals surface area contributed by atoms with E-state index in [2.05, 4.69) is 10.3 Å². The third-order valence-electron chi connectivity index (χ3n) is 4.63. The maximum atomic E-state index is 12.7. The largest absolute Gasteiger partial charge is 0.480 e. The molecule has 1 heterocycles. The number of hydrogen-bond donors (Lipinski definition) is 3. The highest BCUT2D eigenvalue weighted by molar-refractivity contribution is 5.84. The molecule has 31 heavy (non-hydrogen) atoms. The van der Waals surface area contributed by atoms with E-state index in [1.165, 1.54) is 4.68 Å². The second-order valence-electron chi connectivity index (χ2n) is 6.81. The van der Waals surface area contributed by atoms with Crippen LogP contribution < -0.4 is 5.73 Å². The average Bonchev–Trinajstić information content (AvgIpc) is 3.25. The molecule has 1 aromatic heterocycles. The van der Waals surface area contributed by atoms with Crippen molar-refractivity contribution in [2.75, 3.05) is 0 Å². The molecule has 0 aliphatic rings. The van der Waals surface area contributed by atoms with Crippen LogP contribution in [-0.2, 0) is 27.5 Å². The maximum Gasteiger partial charge on any atom is 0.335 e. The fourth-order valence-corrected chi connectivity index (χ4v) is 2.95. The number of carboxylic acid groups (broad SMARTS) is 2. The van der Waals surface area contributed by atoms with E-state index >= 15 is 0 Å². The Morgan fingerprint density at radius 1 is 1.06 bits per heavy atom. The van der Waals surface area contributed by atoms with Gasteiger partial charge in [0, 0.05) is 5.56 Å². The molecule has 0 aliphatic carbocycles. The first-order valence-electron chi connectivity index (χ1n) is 9.36. The van der Waals surface area contributed by atoms with Crippen molar-refractivity contribution in [2.24, 2.45) is 5.73 Å². The number of benzene rings is 2. The minimum Gasteiger partial charge on any atom is -0.480 e. The molecule has 3 atom stereocenters. The Morgan fingerprint density at radius 3 is 2.32 bits per heavy atom. The third-order valence-corrected chi connectivity index (χ3v) is 4.63. The highest BCUT2D eigenvalue weighted by atomic mass is 19.1. The van der Waals surface area contributed by atoms with Crippen LogP contribution in [0.3, 0.4) is 0 Å². The van der Waals surface area contributed by atoms with Crippen LogP contribution in [0.5, 0.6) is 0 Å². The smallest absolute Gasteiger partial charge is 0.335 e. The molecule has 2 aromatic carbocycles. The van der Waals surface area contributed by atoms with E-state index in [4.69, 9.17) is 15.6 Å². The quantitative estimate of drug-likeness (QED) is 0.446. The predicted octanol–water partition coefficient (Wildman–Crippen LogP) is 2.04. The molecule has 3 unspecified atom stereocenters. The molecule has 3 aromatic rings. The van der Waals surface area contributed by atoms with Crippen molar-refractivity contribution in [3.05, 3.63) is 71.9 Å². The lowest BCUT2D eigenvalue weighted by Crippen LogP contribution is -2.48. The van der Waals surface area contributed by atoms with Crippen LogP contribution in [0.15, 0.2) is 60.8 Å². The first-order valence-corrected chi connectivity index (χ1v) is 9.36. The van der Waals surface area contributed by atoms with Gasteiger partial charge in [0.25, 0.3) is 0 Å². The minimum atomic E-state index is -1.76. The van der Waals surface area contributed by atoms with E-state index in [1.54, 1.807) is 60.8 Å². The molecule has 3 rings (SSSR count). The van der Waals surface area contributed by atoms with Crippen LogP contribution in [0.2, 0.25) is 0 Å². The Kier molecular flexibility index (Phi) is 7.06. The van der Waals surface area contributed by atoms with Crippen molar-refractivity contribution in [1.29, 1.82) is 0 Å². The van der Waals surface area contributed by atoms with Crippen molar-refractivity contribution >= 4 is 11.9 Å². The maximum absolute atomic E-state index is 12.7. The minimum absolute atomic E-state index is 0.0652. The van der Waals surface area contributed by atoms with Gasteiger partial charge in [-0.15, -0.1) is 5.10 Å². The Morgan fingerprint density at radius 2 is 1.74 bits per heavy atom. The van der Waals surface area contributed by atoms with E-state index in [0.717, 1.165) is 5.56 Å². The SMILES string of the molecule is NC(C(=O)O)C(OC(Cn1cc(-c2ccc(CF)cc2)nn1)c1ccccc1)C(=O)O. The topological polar surface area (TPSA) is 141 Å². The van der Waals surface area contributed by atoms with Gasteiger partial charge in [0.05, 0.1) is 12.7 Å². The van der Waals surface area contributed by atoms with Gasteiger partial charge in [-0.05, 0) is 11.1 Å². The summed E-state index contributed by atoms with van der Waals surface area (Å²) in [7, 11) is 0. The number of carbonyl (C=O) groups is 2. The lowest BCUT2D eigenvalue weighted by molar-refractivity contribution is -0.164. The molecule has 9 nitrogen and oxygen atoms in total. The summed E-state index contributed by atoms with van der Waals surface area (Å²) in [5.74, 6) is -2.97. The van der Waals surface area contributed by atoms with Crippen LogP contribution in [0.4, 0.5) is 4.39 Å². The Labute approximate surface area is 176 Å². The van der Waals surface area contributed by atoms with Crippen LogP contribution in [0, 0.1) is 0 Å². The lowest BCUT2D eigenvalue weighted by atomic mass is 10.1. The number of nitrogens with two attached hydrogens (primary N) is 1. The van der Waals surface area contributed by atoms with Crippen molar-refractivity contribution in [3.63, 3.8) is 0 Å². The van der Waals surface area contributed by atoms with E-state index in [0.29, 0.717) is 16.8 Å². The van der Waals surface area contributed by atoms with Gasteiger partial charge in [-0.2, -0.15) is 0 Å². The summed E-state index contributed by atoms with van der Waals surface area (Å²) in [6, 6.07) is 13.7. The molecule has 0 saturated heterocycles. The molecule has 10 heteroatoms. The first-order chi connectivity index (χ1) is 14.9. The Balaban J connectivity index is 1.85. The van der Waals surface area contributed by atoms with Crippen LogP contribution >= 0.6 is 0 Å². The number of ether oxygens (including phenoxy) is 1. The summed E-state index contributed by atoms with van der Waals surface area (Å²) in [5, 5.41) is 26.7. The molecule has 0 aliphatic heterocycles. The van der Waals surface area contributed by atoms with Gasteiger partial charge in [0.1, 0.15) is 24.5 Å². The summed E-state index contributed by atoms with van der Waals surface area (Å²) in [6.07, 6.45) is -0.980. The van der Waals surface area contributed by atoms with E-state index < -0.39 is 36.9 Å². The lowest BCUT2D eigenvalue weighted by Gasteiger charge is -2.24. The standard InChI is InChI=1S/C21H21FN4O5/c22-10-13-6-8-14(9-7-13)16-11-26(25-24-16)12-17(15-4-2-1-3-5-15)31-19(21(29)30)18(23)20(27)28/h1-9,11,17-19H,10,12,23H2,(H,27,28)(H,29,30). The van der Waals surface area contributed by atoms with Gasteiger partial charge in [0.15, 0.2) is 6.10 Å². The molecular weight excluding hydrogens is 407 g/mol. The number of rotatable bonds is 10. The van der Waals surface area contributed by atoms with E-state index in [9.17, 15) is 19.1 Å². The summed E-state index contributed by atoms with van der Waals surface area (Å²) in [6.45, 7) is -0.498. The first kappa shape index (κ1) is 22.1. The van der Waals surface area contributed by atoms with Crippen LogP contribution in [0.25, 0.3) is 11.3 Å². The van der Waals surface area contributed by atoms with Crippen LogP contribution in [0.1, 0.15) is 17.2 Å². The predicted molar refractivity (Wildman–Crippen MR) is 108 cm³/mol. The van der Waals surface area contributed by atoms with E-state index in [1.807, 2.05) is 0 Å². The number of aromatic nitrogens is 3. The zero-order chi connectivity index (χ0) is 22.4. The monoisotopic (exact) mass is 428 g/mol. The molecule has 4 N–H and O–H groups in total. The molecule has 0 spiro atoms. The van der Waals surface area contributed by atoms with Crippen molar-refractivity contribution in [1.82, 2.24) is 15.0 Å². The third kappa shape index (κ3) is 5.50. The molecular formula is C21H21FN4O5. The normalized spacial score (nSPS) is 14.0. The molecule has 0 radical (unpaired) electrons. The van der Waals surface area contributed by atoms with Crippen LogP contribution in [-0.4, -0.2) is 49.3 Å². The molecule has 0 saturated carbocycles. The van der Waals surface area contributed by atoms with Gasteiger partial charge in [-0.1, -0.05) is 59.8 Å². The second-order valence-corrected chi connectivity index (χ2v) is 6.81. The Hall–Kier alpha value is -3.63. The van der Waals surface area contributed by atoms with Gasteiger partial charge in [-0.25, -0.2) is 13.9 Å². The highest BCUT2D eigenvalue weighted by Crippen LogP contribution is 2.24. The van der Waals surface area contributed by atoms with Gasteiger partial charge in [-0.3, -0.25) is 4.79 Å². The van der Waals surface area contributed by atoms with Gasteiger partial charge < -0.3 is 20.7 Å². The fourth-order valence-electron chi connectivity index (χ4n) is 2.95. The van der Waals surface area contributed by atoms with Crippen molar-refractivity contribution in [2.45, 2.75) is 31.5 Å². The number of halogens is 1. The fraction of sp³-hybridized carbons (Fsp3) is 0.238. The molecule has 0 amide bonds. The average molecular weight is 428 g/mol. The van der Waals surface area contributed by atoms with E-state index in [-0.39, 0.29) is 6.54 Å². The van der Waals surface area contributed by atoms with Crippen molar-refractivity contribution < 1.29 is 28.9 Å². The zero-order valence-corrected chi connectivity index (χ0v) is 16.3. The Bertz CT molecular complexity index is 1030. The summed E-state index contributed by atoms with van der Waals surface area (Å²) < 4.78 is 19.8. The number of alkyl halides is 1. The summed E-state index contributed by atoms with van der Waals surface area (Å²) in [5.41, 5.74) is 7.95. The number of aliphatic carboxylic acids is 2. The van der Waals surface area contributed by atoms with Gasteiger partial charge in [0.2, 0.25) is 0 Å². The highest BCUT2D eigenvalue weighted by Gasteiger charge is 2.34. The number of nitrogens with zero attached hydrogens (tertiary/aromatic N) is 3. The zero-order valence-electron chi connectivity index (χ0n) is 16.3.